The molecule has 5 nitrogen and oxygen atoms in total. The predicted molar refractivity (Wildman–Crippen MR) is 131 cm³/mol. The van der Waals surface area contributed by atoms with E-state index in [0.29, 0.717) is 11.1 Å². The second-order valence-corrected chi connectivity index (χ2v) is 10.6. The number of aliphatic hydroxyl groups excluding tert-OH is 1. The van der Waals surface area contributed by atoms with Gasteiger partial charge in [-0.1, -0.05) is 24.3 Å². The molecule has 0 aliphatic rings. The molecule has 180 valence electrons. The van der Waals surface area contributed by atoms with E-state index in [4.69, 9.17) is 9.47 Å². The van der Waals surface area contributed by atoms with Crippen LogP contribution in [0.15, 0.2) is 42.5 Å². The zero-order chi connectivity index (χ0) is 24.8. The molecule has 1 atom stereocenters. The molecule has 2 rings (SSSR count). The van der Waals surface area contributed by atoms with Crippen molar-refractivity contribution in [3.63, 3.8) is 0 Å². The summed E-state index contributed by atoms with van der Waals surface area (Å²) in [5, 5.41) is 9.89. The van der Waals surface area contributed by atoms with Crippen molar-refractivity contribution in [3.05, 3.63) is 70.3 Å². The second kappa shape index (κ2) is 11.0. The van der Waals surface area contributed by atoms with Crippen LogP contribution in [-0.2, 0) is 22.3 Å². The molecular weight excluding hydrogens is 416 g/mol. The summed E-state index contributed by atoms with van der Waals surface area (Å²) < 4.78 is 10.9. The number of carbonyl (C=O) groups is 2. The predicted octanol–water partition coefficient (Wildman–Crippen LogP) is 5.69. The summed E-state index contributed by atoms with van der Waals surface area (Å²) in [6, 6.07) is 13.2. The van der Waals surface area contributed by atoms with E-state index < -0.39 is 11.2 Å². The number of carbonyl (C=O) groups excluding carboxylic acids is 2. The number of ether oxygens (including phenoxy) is 2. The molecule has 2 aromatic carbocycles. The van der Waals surface area contributed by atoms with Gasteiger partial charge in [0, 0.05) is 6.61 Å². The molecule has 1 N–H and O–H groups in total. The van der Waals surface area contributed by atoms with Crippen molar-refractivity contribution in [2.45, 2.75) is 78.9 Å². The van der Waals surface area contributed by atoms with Crippen LogP contribution in [0.2, 0.25) is 0 Å². The number of hydrogen-bond donors (Lipinski definition) is 1. The van der Waals surface area contributed by atoms with Crippen molar-refractivity contribution in [2.75, 3.05) is 6.61 Å². The lowest BCUT2D eigenvalue weighted by atomic mass is 9.92. The van der Waals surface area contributed by atoms with Gasteiger partial charge in [0.2, 0.25) is 0 Å². The summed E-state index contributed by atoms with van der Waals surface area (Å²) in [6.07, 6.45) is 2.34. The highest BCUT2D eigenvalue weighted by Gasteiger charge is 2.20. The Balaban J connectivity index is 1.96. The first kappa shape index (κ1) is 26.6. The molecule has 1 unspecified atom stereocenters. The molecule has 0 aliphatic heterocycles. The largest absolute Gasteiger partial charge is 0.456 e. The Morgan fingerprint density at radius 3 is 1.91 bits per heavy atom. The maximum absolute atomic E-state index is 12.4. The SMILES string of the molecule is Cc1cc(CC(CO)CCc2ccc(C(=O)OC(C)(C)C)cc2)ccc1C(=O)OC(C)(C)C. The van der Waals surface area contributed by atoms with Gasteiger partial charge in [-0.2, -0.15) is 0 Å². The van der Waals surface area contributed by atoms with Crippen LogP contribution in [0, 0.1) is 12.8 Å². The Kier molecular flexibility index (Phi) is 8.84. The molecule has 5 heteroatoms. The Labute approximate surface area is 198 Å². The fraction of sp³-hybridized carbons (Fsp3) is 0.500. The van der Waals surface area contributed by atoms with Crippen LogP contribution in [0.3, 0.4) is 0 Å². The van der Waals surface area contributed by atoms with Crippen LogP contribution < -0.4 is 0 Å². The van der Waals surface area contributed by atoms with Crippen LogP contribution in [0.4, 0.5) is 0 Å². The molecule has 0 aromatic heterocycles. The van der Waals surface area contributed by atoms with Crippen LogP contribution in [-0.4, -0.2) is 34.9 Å². The van der Waals surface area contributed by atoms with Crippen molar-refractivity contribution >= 4 is 11.9 Å². The molecule has 33 heavy (non-hydrogen) atoms. The third-order valence-corrected chi connectivity index (χ3v) is 5.12. The van der Waals surface area contributed by atoms with Crippen LogP contribution >= 0.6 is 0 Å². The lowest BCUT2D eigenvalue weighted by molar-refractivity contribution is 0.00565. The monoisotopic (exact) mass is 454 g/mol. The van der Waals surface area contributed by atoms with E-state index in [0.717, 1.165) is 36.0 Å². The molecule has 0 bridgehead atoms. The Hall–Kier alpha value is -2.66. The molecular formula is C28H38O5. The highest BCUT2D eigenvalue weighted by molar-refractivity contribution is 5.91. The first-order chi connectivity index (χ1) is 15.3. The maximum Gasteiger partial charge on any atom is 0.338 e. The summed E-state index contributed by atoms with van der Waals surface area (Å²) in [7, 11) is 0. The first-order valence-electron chi connectivity index (χ1n) is 11.5. The number of aryl methyl sites for hydroxylation is 2. The van der Waals surface area contributed by atoms with Crippen molar-refractivity contribution < 1.29 is 24.2 Å². The molecule has 0 radical (unpaired) electrons. The lowest BCUT2D eigenvalue weighted by Crippen LogP contribution is -2.24. The first-order valence-corrected chi connectivity index (χ1v) is 11.5. The molecule has 0 saturated heterocycles. The highest BCUT2D eigenvalue weighted by Crippen LogP contribution is 2.21. The number of aliphatic hydroxyl groups is 1. The van der Waals surface area contributed by atoms with Gasteiger partial charge in [0.25, 0.3) is 0 Å². The summed E-state index contributed by atoms with van der Waals surface area (Å²) in [5.74, 6) is -0.546. The van der Waals surface area contributed by atoms with E-state index in [-0.39, 0.29) is 24.5 Å². The van der Waals surface area contributed by atoms with Gasteiger partial charge in [-0.05, 0) is 109 Å². The van der Waals surface area contributed by atoms with Gasteiger partial charge in [0.15, 0.2) is 0 Å². The average Bonchev–Trinajstić information content (AvgIpc) is 2.68. The van der Waals surface area contributed by atoms with Gasteiger partial charge in [-0.15, -0.1) is 0 Å². The zero-order valence-electron chi connectivity index (χ0n) is 21.0. The van der Waals surface area contributed by atoms with Crippen LogP contribution in [0.1, 0.15) is 85.4 Å². The second-order valence-electron chi connectivity index (χ2n) is 10.6. The topological polar surface area (TPSA) is 72.8 Å². The van der Waals surface area contributed by atoms with Crippen molar-refractivity contribution in [3.8, 4) is 0 Å². The van der Waals surface area contributed by atoms with Gasteiger partial charge in [0.1, 0.15) is 11.2 Å². The van der Waals surface area contributed by atoms with Crippen LogP contribution in [0.25, 0.3) is 0 Å². The number of rotatable bonds is 8. The summed E-state index contributed by atoms with van der Waals surface area (Å²) in [4.78, 5) is 24.5. The minimum Gasteiger partial charge on any atom is -0.456 e. The van der Waals surface area contributed by atoms with E-state index in [9.17, 15) is 14.7 Å². The molecule has 0 amide bonds. The van der Waals surface area contributed by atoms with Crippen molar-refractivity contribution in [1.82, 2.24) is 0 Å². The summed E-state index contributed by atoms with van der Waals surface area (Å²) in [5.41, 5.74) is 3.11. The van der Waals surface area contributed by atoms with Gasteiger partial charge >= 0.3 is 11.9 Å². The molecule has 0 fully saturated rings. The Morgan fingerprint density at radius 1 is 0.848 bits per heavy atom. The van der Waals surface area contributed by atoms with E-state index in [2.05, 4.69) is 0 Å². The zero-order valence-corrected chi connectivity index (χ0v) is 21.0. The normalized spacial score (nSPS) is 12.8. The fourth-order valence-corrected chi connectivity index (χ4v) is 3.52. The fourth-order valence-electron chi connectivity index (χ4n) is 3.52. The summed E-state index contributed by atoms with van der Waals surface area (Å²) >= 11 is 0. The number of hydrogen-bond acceptors (Lipinski definition) is 5. The van der Waals surface area contributed by atoms with Gasteiger partial charge in [0.05, 0.1) is 11.1 Å². The third-order valence-electron chi connectivity index (χ3n) is 5.12. The van der Waals surface area contributed by atoms with Gasteiger partial charge in [-0.3, -0.25) is 0 Å². The number of benzene rings is 2. The minimum absolute atomic E-state index is 0.0862. The Morgan fingerprint density at radius 2 is 1.39 bits per heavy atom. The standard InChI is InChI=1S/C28H38O5/c1-19-16-21(12-15-24(19)26(31)33-28(5,6)7)17-22(18-29)9-8-20-10-13-23(14-11-20)25(30)32-27(2,3)4/h10-16,22,29H,8-9,17-18H2,1-7H3. The van der Waals surface area contributed by atoms with Crippen LogP contribution in [0.5, 0.6) is 0 Å². The van der Waals surface area contributed by atoms with E-state index in [1.165, 1.54) is 0 Å². The Bertz CT molecular complexity index is 946. The smallest absolute Gasteiger partial charge is 0.338 e. The molecule has 0 heterocycles. The van der Waals surface area contributed by atoms with Crippen molar-refractivity contribution in [2.24, 2.45) is 5.92 Å². The number of esters is 2. The van der Waals surface area contributed by atoms with Gasteiger partial charge in [-0.25, -0.2) is 9.59 Å². The quantitative estimate of drug-likeness (QED) is 0.519. The van der Waals surface area contributed by atoms with E-state index in [1.807, 2.05) is 78.8 Å². The van der Waals surface area contributed by atoms with Crippen molar-refractivity contribution in [1.29, 1.82) is 0 Å². The third kappa shape index (κ3) is 9.01. The summed E-state index contributed by atoms with van der Waals surface area (Å²) in [6.45, 7) is 13.1. The highest BCUT2D eigenvalue weighted by atomic mass is 16.6. The molecule has 2 aromatic rings. The van der Waals surface area contributed by atoms with E-state index >= 15 is 0 Å². The lowest BCUT2D eigenvalue weighted by Gasteiger charge is -2.20. The minimum atomic E-state index is -0.532. The average molecular weight is 455 g/mol. The molecule has 0 saturated carbocycles. The molecule has 0 aliphatic carbocycles. The van der Waals surface area contributed by atoms with E-state index in [1.54, 1.807) is 12.1 Å². The van der Waals surface area contributed by atoms with Gasteiger partial charge < -0.3 is 14.6 Å². The molecule has 0 spiro atoms. The maximum atomic E-state index is 12.4.